The van der Waals surface area contributed by atoms with Crippen molar-refractivity contribution in [3.63, 3.8) is 0 Å². The summed E-state index contributed by atoms with van der Waals surface area (Å²) >= 11 is 1.56. The predicted octanol–water partition coefficient (Wildman–Crippen LogP) is -1.30. The van der Waals surface area contributed by atoms with Crippen LogP contribution in [0.1, 0.15) is 19.3 Å². The van der Waals surface area contributed by atoms with E-state index in [2.05, 4.69) is 10.2 Å². The van der Waals surface area contributed by atoms with Crippen LogP contribution in [0.2, 0.25) is 1.04 Å². The van der Waals surface area contributed by atoms with Crippen molar-refractivity contribution in [2.45, 2.75) is 37.9 Å². The van der Waals surface area contributed by atoms with Crippen LogP contribution < -0.4 is 5.32 Å². The topological polar surface area (TPSA) is 99.2 Å². The zero-order valence-corrected chi connectivity index (χ0v) is 20.9. The average Bonchev–Trinajstić information content (AvgIpc) is 3.11. The molecule has 128 valence electrons. The van der Waals surface area contributed by atoms with Crippen LogP contribution in [0.3, 0.4) is 0 Å². The molecule has 3 saturated heterocycles. The standard InChI is InChI=1S/C14H19N3O5.2Pb/c1-9(18)17-7-10(6-11(17)12(19)20)16-4-2-14(8-16)3-5-22-13(21)15-14;;/h1,10-11H,2-8H2,(H,15,21)(H,19,20);;. The summed E-state index contributed by atoms with van der Waals surface area (Å²) in [7, 11) is 0. The molecule has 2 amide bonds. The van der Waals surface area contributed by atoms with Crippen LogP contribution in [-0.2, 0) is 14.3 Å². The molecule has 2 N–H and O–H groups in total. The van der Waals surface area contributed by atoms with Gasteiger partial charge in [0.25, 0.3) is 0 Å². The predicted molar refractivity (Wildman–Crippen MR) is 84.8 cm³/mol. The van der Waals surface area contributed by atoms with Crippen LogP contribution in [-0.4, -0.2) is 128 Å². The minimum atomic E-state index is -0.914. The molecule has 10 heteroatoms. The van der Waals surface area contributed by atoms with E-state index in [9.17, 15) is 19.5 Å². The fourth-order valence-electron chi connectivity index (χ4n) is 3.90. The van der Waals surface area contributed by atoms with E-state index in [1.165, 1.54) is 0 Å². The van der Waals surface area contributed by atoms with Crippen LogP contribution in [0.5, 0.6) is 0 Å². The number of aliphatic carboxylic acids is 1. The number of carboxylic acids is 1. The maximum atomic E-state index is 12.4. The molecular formula is C14H19N3O5Pb2. The average molecular weight is 724 g/mol. The van der Waals surface area contributed by atoms with Gasteiger partial charge in [0.15, 0.2) is 0 Å². The SMILES string of the molecule is O=C1NC2(CCO1)CCN(C1CC(C(=O)O)N(C(=O)[CH]([Pb])[Pb])C1)C2. The molecule has 0 aromatic rings. The van der Waals surface area contributed by atoms with Crippen molar-refractivity contribution in [1.29, 1.82) is 0 Å². The number of nitrogens with zero attached hydrogens (tertiary/aromatic N) is 2. The van der Waals surface area contributed by atoms with E-state index in [0.29, 0.717) is 26.1 Å². The number of carboxylic acid groups (broad SMARTS) is 1. The van der Waals surface area contributed by atoms with Crippen molar-refractivity contribution in [3.05, 3.63) is 0 Å². The number of hydrogen-bond donors (Lipinski definition) is 2. The molecule has 1 spiro atoms. The first-order valence-electron chi connectivity index (χ1n) is 7.96. The first kappa shape index (κ1) is 18.8. The summed E-state index contributed by atoms with van der Waals surface area (Å²) in [6.07, 6.45) is 1.71. The Morgan fingerprint density at radius 1 is 1.38 bits per heavy atom. The van der Waals surface area contributed by atoms with Gasteiger partial charge in [-0.25, -0.2) is 0 Å². The molecule has 3 unspecified atom stereocenters. The monoisotopic (exact) mass is 725 g/mol. The molecule has 3 aliphatic heterocycles. The van der Waals surface area contributed by atoms with Gasteiger partial charge in [0.1, 0.15) is 0 Å². The third-order valence-corrected chi connectivity index (χ3v) is 7.09. The molecule has 0 aliphatic carbocycles. The third kappa shape index (κ3) is 3.74. The number of hydrogen-bond acceptors (Lipinski definition) is 5. The molecular weight excluding hydrogens is 705 g/mol. The number of carbonyl (C=O) groups excluding carboxylic acids is 2. The molecule has 3 fully saturated rings. The minimum absolute atomic E-state index is 0.0107. The van der Waals surface area contributed by atoms with Gasteiger partial charge in [-0.1, -0.05) is 0 Å². The number of rotatable bonds is 3. The molecule has 0 saturated carbocycles. The second-order valence-corrected chi connectivity index (χ2v) is 19.9. The second kappa shape index (κ2) is 7.33. The molecule has 3 atom stereocenters. The number of likely N-dealkylation sites (tertiary alicyclic amines) is 2. The van der Waals surface area contributed by atoms with Crippen molar-refractivity contribution < 1.29 is 24.2 Å². The van der Waals surface area contributed by atoms with E-state index >= 15 is 0 Å². The first-order valence-corrected chi connectivity index (χ1v) is 12.4. The Kier molecular flexibility index (Phi) is 5.74. The Hall–Kier alpha value is 0.0142. The quantitative estimate of drug-likeness (QED) is 0.352. The van der Waals surface area contributed by atoms with E-state index in [-0.39, 0.29) is 24.6 Å². The van der Waals surface area contributed by atoms with Gasteiger partial charge in [-0.3, -0.25) is 0 Å². The number of carbonyl (C=O) groups is 3. The summed E-state index contributed by atoms with van der Waals surface area (Å²) in [6.45, 7) is 2.42. The van der Waals surface area contributed by atoms with Crippen LogP contribution >= 0.6 is 0 Å². The normalized spacial score (nSPS) is 33.8. The van der Waals surface area contributed by atoms with Gasteiger partial charge in [-0.2, -0.15) is 0 Å². The Balaban J connectivity index is 1.69. The van der Waals surface area contributed by atoms with E-state index in [1.54, 1.807) is 4.90 Å². The van der Waals surface area contributed by atoms with E-state index in [4.69, 9.17) is 4.74 Å². The van der Waals surface area contributed by atoms with Crippen LogP contribution in [0.15, 0.2) is 0 Å². The summed E-state index contributed by atoms with van der Waals surface area (Å²) in [5.41, 5.74) is -0.261. The second-order valence-electron chi connectivity index (χ2n) is 6.68. The Bertz CT molecular complexity index is 561. The van der Waals surface area contributed by atoms with Gasteiger partial charge in [-0.15, -0.1) is 0 Å². The molecule has 6 radical (unpaired) electrons. The Labute approximate surface area is 172 Å². The summed E-state index contributed by atoms with van der Waals surface area (Å²) in [5.74, 6) is -0.903. The van der Waals surface area contributed by atoms with Crippen molar-refractivity contribution in [2.75, 3.05) is 26.2 Å². The number of cyclic esters (lactones) is 1. The molecule has 8 nitrogen and oxygen atoms in total. The summed E-state index contributed by atoms with van der Waals surface area (Å²) in [4.78, 5) is 39.3. The summed E-state index contributed by atoms with van der Waals surface area (Å²) in [5, 5.41) is 12.4. The van der Waals surface area contributed by atoms with Crippen LogP contribution in [0, 0.1) is 0 Å². The van der Waals surface area contributed by atoms with E-state index < -0.39 is 12.0 Å². The fraction of sp³-hybridized carbons (Fsp3) is 0.786. The molecule has 0 aromatic heterocycles. The number of amides is 2. The van der Waals surface area contributed by atoms with Crippen molar-refractivity contribution in [1.82, 2.24) is 15.1 Å². The van der Waals surface area contributed by atoms with Gasteiger partial charge in [0.05, 0.1) is 0 Å². The maximum absolute atomic E-state index is 12.4. The van der Waals surface area contributed by atoms with Gasteiger partial charge < -0.3 is 0 Å². The van der Waals surface area contributed by atoms with Crippen molar-refractivity contribution in [3.8, 4) is 0 Å². The van der Waals surface area contributed by atoms with Crippen molar-refractivity contribution in [2.24, 2.45) is 0 Å². The molecule has 3 heterocycles. The van der Waals surface area contributed by atoms with Gasteiger partial charge in [-0.05, 0) is 0 Å². The van der Waals surface area contributed by atoms with E-state index in [0.717, 1.165) is 70.9 Å². The third-order valence-electron chi connectivity index (χ3n) is 5.17. The Morgan fingerprint density at radius 3 is 2.75 bits per heavy atom. The van der Waals surface area contributed by atoms with Gasteiger partial charge >= 0.3 is 173 Å². The zero-order chi connectivity index (χ0) is 17.5. The number of nitrogens with one attached hydrogen (secondary N) is 1. The van der Waals surface area contributed by atoms with Gasteiger partial charge in [0, 0.05) is 0 Å². The zero-order valence-electron chi connectivity index (χ0n) is 13.2. The molecule has 3 aliphatic rings. The summed E-state index contributed by atoms with van der Waals surface area (Å²) < 4.78 is 5.02. The first-order chi connectivity index (χ1) is 11.3. The molecule has 24 heavy (non-hydrogen) atoms. The van der Waals surface area contributed by atoms with Crippen LogP contribution in [0.25, 0.3) is 0 Å². The summed E-state index contributed by atoms with van der Waals surface area (Å²) in [6, 6.07) is -0.662. The van der Waals surface area contributed by atoms with Gasteiger partial charge in [0.2, 0.25) is 0 Å². The molecule has 3 rings (SSSR count). The van der Waals surface area contributed by atoms with E-state index in [1.807, 2.05) is 0 Å². The fourth-order valence-corrected chi connectivity index (χ4v) is 5.19. The van der Waals surface area contributed by atoms with Crippen LogP contribution in [0.4, 0.5) is 4.79 Å². The van der Waals surface area contributed by atoms with Crippen molar-refractivity contribution >= 4 is 69.5 Å². The molecule has 0 bridgehead atoms. The molecule has 0 aromatic carbocycles. The number of ether oxygens (including phenoxy) is 1. The Morgan fingerprint density at radius 2 is 2.12 bits per heavy atom. The number of alkyl carbamates (subject to hydrolysis) is 1.